The molecular formula is C20H34N2O3S. The molecule has 1 N–H and O–H groups in total. The van der Waals surface area contributed by atoms with E-state index < -0.39 is 9.84 Å². The van der Waals surface area contributed by atoms with Crippen molar-refractivity contribution < 1.29 is 13.2 Å². The van der Waals surface area contributed by atoms with Crippen LogP contribution in [0.15, 0.2) is 0 Å². The molecule has 2 aliphatic heterocycles. The highest BCUT2D eigenvalue weighted by molar-refractivity contribution is 7.91. The first-order valence-electron chi connectivity index (χ1n) is 10.5. The Morgan fingerprint density at radius 2 is 2.00 bits per heavy atom. The molecule has 5 nitrogen and oxygen atoms in total. The molecule has 2 bridgehead atoms. The van der Waals surface area contributed by atoms with Crippen LogP contribution in [0.25, 0.3) is 0 Å². The Morgan fingerprint density at radius 1 is 1.19 bits per heavy atom. The predicted molar refractivity (Wildman–Crippen MR) is 103 cm³/mol. The monoisotopic (exact) mass is 382 g/mol. The minimum Gasteiger partial charge on any atom is -0.352 e. The number of nitrogens with one attached hydrogen (secondary N) is 1. The zero-order valence-corrected chi connectivity index (χ0v) is 17.1. The van der Waals surface area contributed by atoms with Crippen molar-refractivity contribution in [2.24, 2.45) is 23.2 Å². The molecular weight excluding hydrogens is 348 g/mol. The molecule has 6 heteroatoms. The summed E-state index contributed by atoms with van der Waals surface area (Å²) < 4.78 is 23.9. The Balaban J connectivity index is 1.34. The normalized spacial score (nSPS) is 41.4. The van der Waals surface area contributed by atoms with Gasteiger partial charge in [0.25, 0.3) is 0 Å². The van der Waals surface area contributed by atoms with Gasteiger partial charge in [-0.2, -0.15) is 0 Å². The SMILES string of the molecule is CC(NC(=O)C(C)N1CCCC2(CCS(=O)(=O)C2)C1)C1CC2CCC1C2. The number of carbonyl (C=O) groups excluding carboxylic acids is 1. The zero-order valence-electron chi connectivity index (χ0n) is 16.2. The average Bonchev–Trinajstić information content (AvgIpc) is 3.29. The van der Waals surface area contributed by atoms with Gasteiger partial charge in [0.15, 0.2) is 9.84 Å². The number of hydrogen-bond acceptors (Lipinski definition) is 4. The molecule has 1 spiro atoms. The van der Waals surface area contributed by atoms with Crippen LogP contribution in [0.4, 0.5) is 0 Å². The van der Waals surface area contributed by atoms with Crippen LogP contribution in [0.3, 0.4) is 0 Å². The minimum atomic E-state index is -2.89. The predicted octanol–water partition coefficient (Wildman–Crippen LogP) is 2.22. The summed E-state index contributed by atoms with van der Waals surface area (Å²) in [7, 11) is -2.89. The van der Waals surface area contributed by atoms with Crippen molar-refractivity contribution in [3.8, 4) is 0 Å². The quantitative estimate of drug-likeness (QED) is 0.810. The lowest BCUT2D eigenvalue weighted by Gasteiger charge is -2.42. The topological polar surface area (TPSA) is 66.5 Å². The van der Waals surface area contributed by atoms with E-state index in [1.54, 1.807) is 0 Å². The maximum atomic E-state index is 12.9. The largest absolute Gasteiger partial charge is 0.352 e. The maximum Gasteiger partial charge on any atom is 0.237 e. The van der Waals surface area contributed by atoms with Gasteiger partial charge in [0, 0.05) is 12.6 Å². The van der Waals surface area contributed by atoms with E-state index in [0.29, 0.717) is 17.4 Å². The van der Waals surface area contributed by atoms with Crippen LogP contribution < -0.4 is 5.32 Å². The van der Waals surface area contributed by atoms with Gasteiger partial charge in [-0.15, -0.1) is 0 Å². The number of fused-ring (bicyclic) bond motifs is 2. The van der Waals surface area contributed by atoms with Crippen molar-refractivity contribution in [1.82, 2.24) is 10.2 Å². The fraction of sp³-hybridized carbons (Fsp3) is 0.950. The minimum absolute atomic E-state index is 0.109. The molecule has 1 amide bonds. The lowest BCUT2D eigenvalue weighted by molar-refractivity contribution is -0.128. The van der Waals surface area contributed by atoms with E-state index in [1.807, 2.05) is 6.92 Å². The molecule has 26 heavy (non-hydrogen) atoms. The van der Waals surface area contributed by atoms with Crippen molar-refractivity contribution in [3.63, 3.8) is 0 Å². The Morgan fingerprint density at radius 3 is 2.62 bits per heavy atom. The number of sulfone groups is 1. The standard InChI is InChI=1S/C20H34N2O3S/c1-14(18-11-16-4-5-17(18)10-16)21-19(23)15(2)22-8-3-6-20(12-22)7-9-26(24,25)13-20/h14-18H,3-13H2,1-2H3,(H,21,23). The lowest BCUT2D eigenvalue weighted by Crippen LogP contribution is -2.54. The van der Waals surface area contributed by atoms with Crippen LogP contribution in [-0.4, -0.2) is 55.9 Å². The molecule has 0 radical (unpaired) electrons. The molecule has 2 saturated heterocycles. The summed E-state index contributed by atoms with van der Waals surface area (Å²) in [5, 5.41) is 3.30. The molecule has 4 fully saturated rings. The van der Waals surface area contributed by atoms with Gasteiger partial charge in [-0.1, -0.05) is 6.42 Å². The first-order chi connectivity index (χ1) is 12.3. The number of hydrogen-bond donors (Lipinski definition) is 1. The van der Waals surface area contributed by atoms with Crippen molar-refractivity contribution in [2.75, 3.05) is 24.6 Å². The summed E-state index contributed by atoms with van der Waals surface area (Å²) in [5.74, 6) is 3.12. The van der Waals surface area contributed by atoms with Gasteiger partial charge in [-0.25, -0.2) is 8.42 Å². The van der Waals surface area contributed by atoms with Gasteiger partial charge < -0.3 is 5.32 Å². The Labute approximate surface area is 158 Å². The number of nitrogens with zero attached hydrogens (tertiary/aromatic N) is 1. The molecule has 0 aromatic rings. The number of piperidine rings is 1. The molecule has 4 aliphatic rings. The summed E-state index contributed by atoms with van der Waals surface area (Å²) in [5.41, 5.74) is -0.109. The second-order valence-electron chi connectivity index (χ2n) is 9.73. The third kappa shape index (κ3) is 3.56. The Kier molecular flexibility index (Phi) is 4.87. The number of rotatable bonds is 4. The van der Waals surface area contributed by atoms with Crippen LogP contribution in [0.2, 0.25) is 0 Å². The number of likely N-dealkylation sites (tertiary alicyclic amines) is 1. The van der Waals surface area contributed by atoms with Gasteiger partial charge in [0.2, 0.25) is 5.91 Å². The lowest BCUT2D eigenvalue weighted by atomic mass is 9.79. The van der Waals surface area contributed by atoms with E-state index in [4.69, 9.17) is 0 Å². The second-order valence-corrected chi connectivity index (χ2v) is 11.9. The van der Waals surface area contributed by atoms with E-state index in [0.717, 1.165) is 44.2 Å². The summed E-state index contributed by atoms with van der Waals surface area (Å²) in [4.78, 5) is 15.1. The maximum absolute atomic E-state index is 12.9. The van der Waals surface area contributed by atoms with Crippen LogP contribution in [-0.2, 0) is 14.6 Å². The molecule has 4 rings (SSSR count). The molecule has 6 atom stereocenters. The number of carbonyl (C=O) groups is 1. The summed E-state index contributed by atoms with van der Waals surface area (Å²) in [6, 6.07) is 0.0855. The van der Waals surface area contributed by atoms with Crippen LogP contribution in [0.1, 0.15) is 58.8 Å². The molecule has 0 aromatic heterocycles. The molecule has 148 valence electrons. The summed E-state index contributed by atoms with van der Waals surface area (Å²) in [6.45, 7) is 5.82. The smallest absolute Gasteiger partial charge is 0.237 e. The van der Waals surface area contributed by atoms with Gasteiger partial charge in [-0.05, 0) is 82.1 Å². The highest BCUT2D eigenvalue weighted by Crippen LogP contribution is 2.49. The number of amides is 1. The average molecular weight is 383 g/mol. The van der Waals surface area contributed by atoms with Crippen molar-refractivity contribution in [1.29, 1.82) is 0 Å². The first-order valence-corrected chi connectivity index (χ1v) is 12.3. The Bertz CT molecular complexity index is 664. The third-order valence-corrected chi connectivity index (χ3v) is 9.77. The van der Waals surface area contributed by atoms with Gasteiger partial charge in [-0.3, -0.25) is 9.69 Å². The van der Waals surface area contributed by atoms with Gasteiger partial charge in [0.05, 0.1) is 17.5 Å². The molecule has 2 saturated carbocycles. The second kappa shape index (κ2) is 6.77. The Hall–Kier alpha value is -0.620. The van der Waals surface area contributed by atoms with Crippen LogP contribution >= 0.6 is 0 Å². The molecule has 0 aromatic carbocycles. The third-order valence-electron chi connectivity index (χ3n) is 7.89. The van der Waals surface area contributed by atoms with Crippen molar-refractivity contribution >= 4 is 15.7 Å². The van der Waals surface area contributed by atoms with Gasteiger partial charge >= 0.3 is 0 Å². The van der Waals surface area contributed by atoms with Gasteiger partial charge in [0.1, 0.15) is 0 Å². The molecule has 2 aliphatic carbocycles. The van der Waals surface area contributed by atoms with Crippen molar-refractivity contribution in [2.45, 2.75) is 70.9 Å². The van der Waals surface area contributed by atoms with Crippen LogP contribution in [0, 0.1) is 23.2 Å². The summed E-state index contributed by atoms with van der Waals surface area (Å²) >= 11 is 0. The highest BCUT2D eigenvalue weighted by Gasteiger charge is 2.46. The van der Waals surface area contributed by atoms with E-state index in [1.165, 1.54) is 25.7 Å². The fourth-order valence-corrected chi connectivity index (χ4v) is 8.61. The van der Waals surface area contributed by atoms with E-state index in [2.05, 4.69) is 17.1 Å². The van der Waals surface area contributed by atoms with E-state index in [-0.39, 0.29) is 23.4 Å². The highest BCUT2D eigenvalue weighted by atomic mass is 32.2. The van der Waals surface area contributed by atoms with Crippen LogP contribution in [0.5, 0.6) is 0 Å². The fourth-order valence-electron chi connectivity index (χ4n) is 6.41. The van der Waals surface area contributed by atoms with E-state index in [9.17, 15) is 13.2 Å². The molecule has 2 heterocycles. The van der Waals surface area contributed by atoms with E-state index >= 15 is 0 Å². The van der Waals surface area contributed by atoms with Crippen molar-refractivity contribution in [3.05, 3.63) is 0 Å². The zero-order chi connectivity index (χ0) is 18.5. The molecule has 6 unspecified atom stereocenters. The first kappa shape index (κ1) is 18.7. The summed E-state index contributed by atoms with van der Waals surface area (Å²) in [6.07, 6.45) is 8.12.